The number of methoxy groups -OCH3 is 1. The molecule has 2 aliphatic heterocycles. The van der Waals surface area contributed by atoms with Crippen molar-refractivity contribution in [2.75, 3.05) is 69.9 Å². The van der Waals surface area contributed by atoms with Gasteiger partial charge >= 0.3 is 5.97 Å². The summed E-state index contributed by atoms with van der Waals surface area (Å²) in [6.45, 7) is 3.41. The van der Waals surface area contributed by atoms with Crippen LogP contribution < -0.4 is 10.2 Å². The number of hydrogen-bond donors (Lipinski definition) is 1. The van der Waals surface area contributed by atoms with Crippen LogP contribution in [0.1, 0.15) is 20.7 Å². The lowest BCUT2D eigenvalue weighted by Gasteiger charge is -2.31. The SMILES string of the molecule is COC(=O)c1ccc(NC(=O)c2cc(S(=O)(=O)N3CCOCC3)ccc2N2CCOCC2)cc1. The Morgan fingerprint density at radius 2 is 1.53 bits per heavy atom. The maximum absolute atomic E-state index is 13.3. The molecule has 4 rings (SSSR count). The maximum atomic E-state index is 13.3. The van der Waals surface area contributed by atoms with E-state index in [1.807, 2.05) is 4.90 Å². The Balaban J connectivity index is 1.65. The number of amides is 1. The van der Waals surface area contributed by atoms with Crippen molar-refractivity contribution in [3.63, 3.8) is 0 Å². The van der Waals surface area contributed by atoms with Gasteiger partial charge in [0, 0.05) is 37.6 Å². The summed E-state index contributed by atoms with van der Waals surface area (Å²) in [7, 11) is -2.48. The molecule has 0 saturated carbocycles. The van der Waals surface area contributed by atoms with Crippen LogP contribution in [0.5, 0.6) is 0 Å². The fraction of sp³-hybridized carbons (Fsp3) is 0.391. The number of anilines is 2. The van der Waals surface area contributed by atoms with Gasteiger partial charge < -0.3 is 24.4 Å². The summed E-state index contributed by atoms with van der Waals surface area (Å²) in [6.07, 6.45) is 0. The number of benzene rings is 2. The molecule has 1 amide bonds. The van der Waals surface area contributed by atoms with Crippen molar-refractivity contribution in [1.82, 2.24) is 4.31 Å². The first-order valence-electron chi connectivity index (χ1n) is 10.9. The fourth-order valence-electron chi connectivity index (χ4n) is 3.88. The van der Waals surface area contributed by atoms with E-state index in [1.165, 1.54) is 23.5 Å². The van der Waals surface area contributed by atoms with Crippen LogP contribution >= 0.6 is 0 Å². The number of carbonyl (C=O) groups excluding carboxylic acids is 2. The Morgan fingerprint density at radius 3 is 2.15 bits per heavy atom. The average Bonchev–Trinajstić information content (AvgIpc) is 2.89. The highest BCUT2D eigenvalue weighted by molar-refractivity contribution is 7.89. The number of morpholine rings is 2. The first-order valence-corrected chi connectivity index (χ1v) is 12.4. The lowest BCUT2D eigenvalue weighted by molar-refractivity contribution is 0.0600. The van der Waals surface area contributed by atoms with Crippen LogP contribution in [0, 0.1) is 0 Å². The molecule has 11 heteroatoms. The molecule has 2 heterocycles. The van der Waals surface area contributed by atoms with Gasteiger partial charge in [-0.05, 0) is 42.5 Å². The van der Waals surface area contributed by atoms with E-state index in [2.05, 4.69) is 5.32 Å². The van der Waals surface area contributed by atoms with E-state index in [1.54, 1.807) is 30.3 Å². The molecule has 0 atom stereocenters. The van der Waals surface area contributed by atoms with Gasteiger partial charge in [-0.2, -0.15) is 4.31 Å². The maximum Gasteiger partial charge on any atom is 0.337 e. The molecule has 34 heavy (non-hydrogen) atoms. The van der Waals surface area contributed by atoms with Gasteiger partial charge in [0.1, 0.15) is 0 Å². The van der Waals surface area contributed by atoms with Gasteiger partial charge in [0.15, 0.2) is 0 Å². The predicted octanol–water partition coefficient (Wildman–Crippen LogP) is 1.58. The highest BCUT2D eigenvalue weighted by Crippen LogP contribution is 2.28. The predicted molar refractivity (Wildman–Crippen MR) is 125 cm³/mol. The Labute approximate surface area is 198 Å². The van der Waals surface area contributed by atoms with E-state index in [9.17, 15) is 18.0 Å². The molecule has 0 unspecified atom stereocenters. The number of nitrogens with one attached hydrogen (secondary N) is 1. The van der Waals surface area contributed by atoms with Gasteiger partial charge in [-0.15, -0.1) is 0 Å². The third kappa shape index (κ3) is 5.22. The van der Waals surface area contributed by atoms with E-state index in [0.29, 0.717) is 56.5 Å². The highest BCUT2D eigenvalue weighted by atomic mass is 32.2. The monoisotopic (exact) mass is 489 g/mol. The van der Waals surface area contributed by atoms with E-state index < -0.39 is 21.9 Å². The Morgan fingerprint density at radius 1 is 0.912 bits per heavy atom. The summed E-state index contributed by atoms with van der Waals surface area (Å²) in [4.78, 5) is 27.0. The third-order valence-electron chi connectivity index (χ3n) is 5.74. The van der Waals surface area contributed by atoms with Crippen LogP contribution in [0.2, 0.25) is 0 Å². The summed E-state index contributed by atoms with van der Waals surface area (Å²) < 4.78 is 43.2. The Hall–Kier alpha value is -2.99. The normalized spacial score (nSPS) is 17.3. The van der Waals surface area contributed by atoms with E-state index in [4.69, 9.17) is 14.2 Å². The van der Waals surface area contributed by atoms with Crippen molar-refractivity contribution in [3.8, 4) is 0 Å². The second-order valence-electron chi connectivity index (χ2n) is 7.82. The smallest absolute Gasteiger partial charge is 0.337 e. The molecule has 0 radical (unpaired) electrons. The summed E-state index contributed by atoms with van der Waals surface area (Å²) >= 11 is 0. The van der Waals surface area contributed by atoms with Crippen molar-refractivity contribution in [2.45, 2.75) is 4.90 Å². The van der Waals surface area contributed by atoms with Crippen molar-refractivity contribution < 1.29 is 32.2 Å². The molecule has 2 aromatic rings. The quantitative estimate of drug-likeness (QED) is 0.609. The molecule has 1 N–H and O–H groups in total. The van der Waals surface area contributed by atoms with Crippen molar-refractivity contribution in [2.24, 2.45) is 0 Å². The summed E-state index contributed by atoms with van der Waals surface area (Å²) in [6, 6.07) is 10.9. The molecule has 0 aromatic heterocycles. The lowest BCUT2D eigenvalue weighted by Crippen LogP contribution is -2.41. The van der Waals surface area contributed by atoms with Gasteiger partial charge in [0.25, 0.3) is 5.91 Å². The number of nitrogens with zero attached hydrogens (tertiary/aromatic N) is 2. The number of rotatable bonds is 6. The topological polar surface area (TPSA) is 114 Å². The zero-order valence-corrected chi connectivity index (χ0v) is 19.7. The first-order chi connectivity index (χ1) is 16.4. The van der Waals surface area contributed by atoms with E-state index >= 15 is 0 Å². The summed E-state index contributed by atoms with van der Waals surface area (Å²) in [5, 5.41) is 2.80. The van der Waals surface area contributed by atoms with Crippen LogP contribution in [-0.4, -0.2) is 84.3 Å². The standard InChI is InChI=1S/C23H27N3O7S/c1-31-23(28)17-2-4-18(5-3-17)24-22(27)20-16-19(34(29,30)26-10-14-33-15-11-26)6-7-21(20)25-8-12-32-13-9-25/h2-7,16H,8-15H2,1H3,(H,24,27). The van der Waals surface area contributed by atoms with Crippen LogP contribution in [-0.2, 0) is 24.2 Å². The number of carbonyl (C=O) groups is 2. The van der Waals surface area contributed by atoms with Crippen LogP contribution in [0.15, 0.2) is 47.4 Å². The van der Waals surface area contributed by atoms with Crippen molar-refractivity contribution in [3.05, 3.63) is 53.6 Å². The lowest BCUT2D eigenvalue weighted by atomic mass is 10.1. The number of ether oxygens (including phenoxy) is 3. The molecule has 2 fully saturated rings. The minimum atomic E-state index is -3.78. The summed E-state index contributed by atoms with van der Waals surface area (Å²) in [5.74, 6) is -0.931. The molecule has 0 aliphatic carbocycles. The summed E-state index contributed by atoms with van der Waals surface area (Å²) in [5.41, 5.74) is 1.70. The second kappa shape index (κ2) is 10.5. The van der Waals surface area contributed by atoms with Crippen LogP contribution in [0.25, 0.3) is 0 Å². The largest absolute Gasteiger partial charge is 0.465 e. The van der Waals surface area contributed by atoms with Gasteiger partial charge in [-0.1, -0.05) is 0 Å². The van der Waals surface area contributed by atoms with E-state index in [0.717, 1.165) is 0 Å². The molecular formula is C23H27N3O7S. The Bertz CT molecular complexity index is 1140. The molecule has 2 aliphatic rings. The van der Waals surface area contributed by atoms with Crippen molar-refractivity contribution >= 4 is 33.3 Å². The molecule has 0 bridgehead atoms. The van der Waals surface area contributed by atoms with Gasteiger partial charge in [-0.3, -0.25) is 4.79 Å². The molecular weight excluding hydrogens is 462 g/mol. The highest BCUT2D eigenvalue weighted by Gasteiger charge is 2.29. The molecule has 2 aromatic carbocycles. The van der Waals surface area contributed by atoms with Gasteiger partial charge in [0.2, 0.25) is 10.0 Å². The second-order valence-corrected chi connectivity index (χ2v) is 9.76. The third-order valence-corrected chi connectivity index (χ3v) is 7.63. The van der Waals surface area contributed by atoms with Crippen LogP contribution in [0.3, 0.4) is 0 Å². The minimum Gasteiger partial charge on any atom is -0.465 e. The molecule has 10 nitrogen and oxygen atoms in total. The number of hydrogen-bond acceptors (Lipinski definition) is 8. The van der Waals surface area contributed by atoms with Crippen molar-refractivity contribution in [1.29, 1.82) is 0 Å². The molecule has 0 spiro atoms. The first kappa shape index (κ1) is 24.1. The number of sulfonamides is 1. The zero-order valence-electron chi connectivity index (χ0n) is 18.9. The molecule has 2 saturated heterocycles. The van der Waals surface area contributed by atoms with E-state index in [-0.39, 0.29) is 23.5 Å². The Kier molecular flexibility index (Phi) is 7.47. The van der Waals surface area contributed by atoms with Gasteiger partial charge in [-0.25, -0.2) is 13.2 Å². The molecule has 182 valence electrons. The average molecular weight is 490 g/mol. The van der Waals surface area contributed by atoms with Gasteiger partial charge in [0.05, 0.1) is 49.6 Å². The zero-order chi connectivity index (χ0) is 24.1. The van der Waals surface area contributed by atoms with Crippen LogP contribution in [0.4, 0.5) is 11.4 Å². The fourth-order valence-corrected chi connectivity index (χ4v) is 5.31. The minimum absolute atomic E-state index is 0.0533. The number of esters is 1.